The van der Waals surface area contributed by atoms with Gasteiger partial charge in [-0.2, -0.15) is 0 Å². The summed E-state index contributed by atoms with van der Waals surface area (Å²) in [6.07, 6.45) is 2.06. The average Bonchev–Trinajstić information content (AvgIpc) is 3.26. The van der Waals surface area contributed by atoms with E-state index in [0.717, 1.165) is 16.9 Å². The van der Waals surface area contributed by atoms with Gasteiger partial charge in [0.05, 0.1) is 18.8 Å². The van der Waals surface area contributed by atoms with Crippen LogP contribution in [0.3, 0.4) is 0 Å². The predicted octanol–water partition coefficient (Wildman–Crippen LogP) is 3.29. The van der Waals surface area contributed by atoms with Crippen LogP contribution >= 0.6 is 0 Å². The Balaban J connectivity index is 1.49. The van der Waals surface area contributed by atoms with Crippen molar-refractivity contribution in [3.05, 3.63) is 123 Å². The van der Waals surface area contributed by atoms with Crippen LogP contribution in [0.2, 0.25) is 0 Å². The van der Waals surface area contributed by atoms with Gasteiger partial charge in [-0.1, -0.05) is 72.8 Å². The summed E-state index contributed by atoms with van der Waals surface area (Å²) in [5.41, 5.74) is 0.866. The van der Waals surface area contributed by atoms with Crippen molar-refractivity contribution in [3.63, 3.8) is 0 Å². The summed E-state index contributed by atoms with van der Waals surface area (Å²) in [5.74, 6) is 0.722. The highest BCUT2D eigenvalue weighted by atomic mass is 16.6. The maximum Gasteiger partial charge on any atom is 0.352 e. The molecule has 0 saturated carbocycles. The largest absolute Gasteiger partial charge is 0.490 e. The summed E-state index contributed by atoms with van der Waals surface area (Å²) in [6, 6.07) is 28.1. The van der Waals surface area contributed by atoms with E-state index < -0.39 is 11.6 Å². The molecule has 0 amide bonds. The highest BCUT2D eigenvalue weighted by Crippen LogP contribution is 2.44. The zero-order chi connectivity index (χ0) is 23.1. The first-order chi connectivity index (χ1) is 16.7. The number of hydrogen-bond donors (Lipinski definition) is 0. The summed E-state index contributed by atoms with van der Waals surface area (Å²) in [5, 5.41) is 0. The molecule has 2 bridgehead atoms. The quantitative estimate of drug-likeness (QED) is 0.465. The van der Waals surface area contributed by atoms with Crippen molar-refractivity contribution in [2.75, 3.05) is 13.2 Å². The second-order valence-corrected chi connectivity index (χ2v) is 8.57. The second kappa shape index (κ2) is 8.04. The number of hydrogen-bond acceptors (Lipinski definition) is 4. The summed E-state index contributed by atoms with van der Waals surface area (Å²) in [6.45, 7) is 0.696. The van der Waals surface area contributed by atoms with E-state index in [-0.39, 0.29) is 31.1 Å². The third kappa shape index (κ3) is 3.24. The minimum absolute atomic E-state index is 0.183. The molecule has 0 N–H and O–H groups in total. The van der Waals surface area contributed by atoms with Crippen LogP contribution in [0.1, 0.15) is 11.6 Å². The highest BCUT2D eigenvalue weighted by Gasteiger charge is 2.53. The van der Waals surface area contributed by atoms with E-state index in [0.29, 0.717) is 5.69 Å². The molecule has 2 atom stereocenters. The minimum Gasteiger partial charge on any atom is -0.490 e. The molecule has 1 saturated heterocycles. The van der Waals surface area contributed by atoms with Crippen LogP contribution in [0.15, 0.2) is 106 Å². The van der Waals surface area contributed by atoms with Gasteiger partial charge in [-0.15, -0.1) is 0 Å². The Hall–Kier alpha value is -4.10. The molecule has 0 radical (unpaired) electrons. The molecule has 2 aliphatic heterocycles. The van der Waals surface area contributed by atoms with Crippen LogP contribution in [0.25, 0.3) is 11.8 Å². The molecule has 34 heavy (non-hydrogen) atoms. The molecule has 3 aromatic carbocycles. The summed E-state index contributed by atoms with van der Waals surface area (Å²) in [7, 11) is 0. The van der Waals surface area contributed by atoms with Crippen LogP contribution < -0.4 is 16.1 Å². The van der Waals surface area contributed by atoms with E-state index >= 15 is 0 Å². The van der Waals surface area contributed by atoms with Crippen LogP contribution in [0, 0.1) is 0 Å². The Labute approximate surface area is 195 Å². The predicted molar refractivity (Wildman–Crippen MR) is 128 cm³/mol. The summed E-state index contributed by atoms with van der Waals surface area (Å²) in [4.78, 5) is 26.9. The number of nitrogens with zero attached hydrogens (tertiary/aromatic N) is 3. The van der Waals surface area contributed by atoms with Gasteiger partial charge in [0.25, 0.3) is 0 Å². The Kier molecular flexibility index (Phi) is 4.85. The fourth-order valence-electron chi connectivity index (χ4n) is 4.88. The van der Waals surface area contributed by atoms with E-state index in [2.05, 4.69) is 6.08 Å². The number of benzene rings is 3. The van der Waals surface area contributed by atoms with Crippen LogP contribution in [0.5, 0.6) is 5.75 Å². The van der Waals surface area contributed by atoms with Gasteiger partial charge in [-0.05, 0) is 35.4 Å². The zero-order valence-corrected chi connectivity index (χ0v) is 18.4. The summed E-state index contributed by atoms with van der Waals surface area (Å²) < 4.78 is 16.8. The number of rotatable bonds is 5. The summed E-state index contributed by atoms with van der Waals surface area (Å²) >= 11 is 0. The van der Waals surface area contributed by atoms with Gasteiger partial charge in [0.2, 0.25) is 0 Å². The molecule has 1 fully saturated rings. The molecule has 1 aromatic heterocycles. The molecule has 2 aliphatic rings. The van der Waals surface area contributed by atoms with Crippen LogP contribution in [-0.2, 0) is 11.3 Å². The number of ether oxygens (including phenoxy) is 2. The Morgan fingerprint density at radius 3 is 2.24 bits per heavy atom. The number of para-hydroxylation sites is 2. The fraction of sp³-hybridized carbons (Fsp3) is 0.185. The van der Waals surface area contributed by atoms with Gasteiger partial charge in [0.1, 0.15) is 24.0 Å². The molecule has 3 heterocycles. The minimum atomic E-state index is -0.866. The van der Waals surface area contributed by atoms with Crippen molar-refractivity contribution >= 4 is 6.08 Å². The molecule has 0 aliphatic carbocycles. The molecular formula is C27H23N3O4. The molecule has 6 rings (SSSR count). The van der Waals surface area contributed by atoms with Crippen molar-refractivity contribution < 1.29 is 9.47 Å². The fourth-order valence-corrected chi connectivity index (χ4v) is 4.88. The maximum atomic E-state index is 13.5. The van der Waals surface area contributed by atoms with Gasteiger partial charge in [0.15, 0.2) is 0 Å². The second-order valence-electron chi connectivity index (χ2n) is 8.57. The zero-order valence-electron chi connectivity index (χ0n) is 18.4. The lowest BCUT2D eigenvalue weighted by atomic mass is 9.88. The van der Waals surface area contributed by atoms with E-state index in [1.54, 1.807) is 12.1 Å². The van der Waals surface area contributed by atoms with Gasteiger partial charge in [0, 0.05) is 0 Å². The number of aromatic nitrogens is 3. The monoisotopic (exact) mass is 453 g/mol. The smallest absolute Gasteiger partial charge is 0.352 e. The molecule has 4 aromatic rings. The lowest BCUT2D eigenvalue weighted by Crippen LogP contribution is -2.49. The molecule has 170 valence electrons. The lowest BCUT2D eigenvalue weighted by molar-refractivity contribution is -0.0216. The van der Waals surface area contributed by atoms with E-state index in [1.807, 2.05) is 78.9 Å². The Morgan fingerprint density at radius 2 is 1.53 bits per heavy atom. The van der Waals surface area contributed by atoms with Crippen LogP contribution in [0.4, 0.5) is 0 Å². The topological polar surface area (TPSA) is 67.4 Å². The lowest BCUT2D eigenvalue weighted by Gasteiger charge is -2.35. The van der Waals surface area contributed by atoms with Crippen molar-refractivity contribution in [2.24, 2.45) is 0 Å². The van der Waals surface area contributed by atoms with Crippen molar-refractivity contribution in [2.45, 2.75) is 18.2 Å². The standard InChI is InChI=1S/C27H23N3O4/c31-25-28-18-27(19-33-22-14-8-3-9-15-22)23(16-20-10-4-1-5-11-20)24(17-34-27)30(28)26(32)29(25)21-12-6-2-7-13-21/h1-16,24H,17-19H2/b23-16+/t24-,27+/m0/s1. The maximum absolute atomic E-state index is 13.5. The first-order valence-corrected chi connectivity index (χ1v) is 11.2. The van der Waals surface area contributed by atoms with Gasteiger partial charge >= 0.3 is 11.4 Å². The molecular weight excluding hydrogens is 430 g/mol. The van der Waals surface area contributed by atoms with Gasteiger partial charge < -0.3 is 9.47 Å². The van der Waals surface area contributed by atoms with Gasteiger partial charge in [-0.25, -0.2) is 23.5 Å². The molecule has 7 nitrogen and oxygen atoms in total. The third-order valence-corrected chi connectivity index (χ3v) is 6.51. The third-order valence-electron chi connectivity index (χ3n) is 6.51. The highest BCUT2D eigenvalue weighted by molar-refractivity contribution is 5.58. The number of fused-ring (bicyclic) bond motifs is 4. The SMILES string of the molecule is O=c1n(-c2ccccc2)c(=O)n2n1C[C@]1(COc3ccccc3)OC[C@H]2/C1=C\c1ccccc1. The first-order valence-electron chi connectivity index (χ1n) is 11.2. The normalized spacial score (nSPS) is 22.0. The molecule has 0 unspecified atom stereocenters. The van der Waals surface area contributed by atoms with Crippen molar-refractivity contribution in [1.82, 2.24) is 13.9 Å². The Morgan fingerprint density at radius 1 is 0.882 bits per heavy atom. The average molecular weight is 453 g/mol. The van der Waals surface area contributed by atoms with Gasteiger partial charge in [-0.3, -0.25) is 0 Å². The van der Waals surface area contributed by atoms with Crippen LogP contribution in [-0.4, -0.2) is 32.7 Å². The van der Waals surface area contributed by atoms with Crippen molar-refractivity contribution in [3.8, 4) is 11.4 Å². The Bertz CT molecular complexity index is 1470. The van der Waals surface area contributed by atoms with E-state index in [9.17, 15) is 9.59 Å². The first kappa shape index (κ1) is 20.5. The molecule has 0 spiro atoms. The van der Waals surface area contributed by atoms with E-state index in [1.165, 1.54) is 13.9 Å². The van der Waals surface area contributed by atoms with E-state index in [4.69, 9.17) is 9.47 Å². The molecule has 7 heteroatoms. The van der Waals surface area contributed by atoms with Crippen molar-refractivity contribution in [1.29, 1.82) is 0 Å².